The van der Waals surface area contributed by atoms with Crippen molar-refractivity contribution in [3.05, 3.63) is 72.5 Å². The Hall–Kier alpha value is -3.15. The van der Waals surface area contributed by atoms with Crippen molar-refractivity contribution in [3.8, 4) is 0 Å². The summed E-state index contributed by atoms with van der Waals surface area (Å²) in [4.78, 5) is 15.1. The number of allylic oxidation sites excluding steroid dienone is 3. The van der Waals surface area contributed by atoms with Crippen molar-refractivity contribution in [1.82, 2.24) is 15.0 Å². The molecule has 0 bridgehead atoms. The summed E-state index contributed by atoms with van der Waals surface area (Å²) in [5, 5.41) is 3.44. The van der Waals surface area contributed by atoms with E-state index in [1.807, 2.05) is 32.1 Å². The SMILES string of the molecule is C=CCN(/C=C\C(C)/C=C(\C)Nc1nc(N)nc2c1CCCC2)c1ccncc1.CC. The van der Waals surface area contributed by atoms with Crippen molar-refractivity contribution in [1.29, 1.82) is 0 Å². The van der Waals surface area contributed by atoms with Gasteiger partial charge in [-0.05, 0) is 50.7 Å². The maximum Gasteiger partial charge on any atom is 0.222 e. The molecule has 6 nitrogen and oxygen atoms in total. The molecule has 3 N–H and O–H groups in total. The van der Waals surface area contributed by atoms with E-state index in [0.717, 1.165) is 48.7 Å². The third-order valence-electron chi connectivity index (χ3n) is 4.92. The van der Waals surface area contributed by atoms with Gasteiger partial charge in [0.1, 0.15) is 5.82 Å². The number of hydrogen-bond donors (Lipinski definition) is 2. The van der Waals surface area contributed by atoms with Gasteiger partial charge in [0.25, 0.3) is 0 Å². The van der Waals surface area contributed by atoms with E-state index >= 15 is 0 Å². The van der Waals surface area contributed by atoms with Gasteiger partial charge in [0.05, 0.1) is 5.69 Å². The third-order valence-corrected chi connectivity index (χ3v) is 4.92. The van der Waals surface area contributed by atoms with Crippen LogP contribution in [-0.2, 0) is 12.8 Å². The van der Waals surface area contributed by atoms with E-state index in [9.17, 15) is 0 Å². The Balaban J connectivity index is 0.00000166. The first kappa shape index (κ1) is 24.1. The lowest BCUT2D eigenvalue weighted by atomic mass is 9.96. The van der Waals surface area contributed by atoms with Crippen LogP contribution >= 0.6 is 0 Å². The Bertz CT molecular complexity index is 888. The molecule has 2 aromatic heterocycles. The molecule has 166 valence electrons. The summed E-state index contributed by atoms with van der Waals surface area (Å²) in [6, 6.07) is 3.98. The van der Waals surface area contributed by atoms with E-state index < -0.39 is 0 Å². The van der Waals surface area contributed by atoms with Crippen LogP contribution in [0.1, 0.15) is 51.8 Å². The van der Waals surface area contributed by atoms with Crippen LogP contribution in [0, 0.1) is 5.92 Å². The maximum absolute atomic E-state index is 5.91. The van der Waals surface area contributed by atoms with Gasteiger partial charge < -0.3 is 16.0 Å². The fourth-order valence-electron chi connectivity index (χ4n) is 3.56. The van der Waals surface area contributed by atoms with E-state index in [0.29, 0.717) is 5.95 Å². The summed E-state index contributed by atoms with van der Waals surface area (Å²) >= 11 is 0. The Morgan fingerprint density at radius 1 is 1.23 bits per heavy atom. The molecule has 0 aliphatic heterocycles. The number of nitrogens with one attached hydrogen (secondary N) is 1. The molecule has 3 rings (SSSR count). The van der Waals surface area contributed by atoms with Crippen molar-refractivity contribution in [2.45, 2.75) is 53.4 Å². The molecule has 1 aliphatic carbocycles. The van der Waals surface area contributed by atoms with E-state index in [4.69, 9.17) is 5.73 Å². The second kappa shape index (κ2) is 12.5. The van der Waals surface area contributed by atoms with Gasteiger partial charge in [-0.15, -0.1) is 6.58 Å². The average Bonchev–Trinajstić information content (AvgIpc) is 2.78. The zero-order valence-corrected chi connectivity index (χ0v) is 19.3. The molecular weight excluding hydrogens is 384 g/mol. The number of nitrogens with two attached hydrogens (primary N) is 1. The number of anilines is 3. The molecule has 6 heteroatoms. The van der Waals surface area contributed by atoms with Crippen LogP contribution < -0.4 is 16.0 Å². The van der Waals surface area contributed by atoms with Crippen LogP contribution in [0.2, 0.25) is 0 Å². The van der Waals surface area contributed by atoms with Gasteiger partial charge in [-0.2, -0.15) is 4.98 Å². The molecule has 31 heavy (non-hydrogen) atoms. The van der Waals surface area contributed by atoms with Crippen molar-refractivity contribution in [2.24, 2.45) is 5.92 Å². The maximum atomic E-state index is 5.91. The number of nitrogen functional groups attached to an aromatic ring is 1. The molecule has 1 aliphatic rings. The highest BCUT2D eigenvalue weighted by Crippen LogP contribution is 2.27. The molecule has 0 amide bonds. The molecule has 0 aromatic carbocycles. The molecule has 0 spiro atoms. The highest BCUT2D eigenvalue weighted by atomic mass is 15.1. The summed E-state index contributed by atoms with van der Waals surface area (Å²) in [6.07, 6.45) is 16.2. The predicted octanol–water partition coefficient (Wildman–Crippen LogP) is 5.52. The number of nitrogens with zero attached hydrogens (tertiary/aromatic N) is 4. The van der Waals surface area contributed by atoms with Crippen LogP contribution in [0.25, 0.3) is 0 Å². The van der Waals surface area contributed by atoms with Crippen molar-refractivity contribution < 1.29 is 0 Å². The summed E-state index contributed by atoms with van der Waals surface area (Å²) in [7, 11) is 0. The summed E-state index contributed by atoms with van der Waals surface area (Å²) in [6.45, 7) is 12.8. The number of rotatable bonds is 8. The minimum Gasteiger partial charge on any atom is -0.368 e. The fourth-order valence-corrected chi connectivity index (χ4v) is 3.56. The average molecular weight is 421 g/mol. The first-order chi connectivity index (χ1) is 15.1. The Morgan fingerprint density at radius 3 is 2.65 bits per heavy atom. The van der Waals surface area contributed by atoms with Crippen LogP contribution in [-0.4, -0.2) is 21.5 Å². The normalized spacial score (nSPS) is 14.3. The Morgan fingerprint density at radius 2 is 1.94 bits per heavy atom. The second-order valence-electron chi connectivity index (χ2n) is 7.38. The lowest BCUT2D eigenvalue weighted by Crippen LogP contribution is -2.16. The number of aryl methyl sites for hydroxylation is 1. The van der Waals surface area contributed by atoms with Crippen LogP contribution in [0.3, 0.4) is 0 Å². The molecule has 2 heterocycles. The molecule has 1 atom stereocenters. The molecule has 0 saturated carbocycles. The highest BCUT2D eigenvalue weighted by molar-refractivity contribution is 5.54. The Labute approximate surface area is 187 Å². The largest absolute Gasteiger partial charge is 0.368 e. The molecule has 0 fully saturated rings. The lowest BCUT2D eigenvalue weighted by Gasteiger charge is -2.20. The highest BCUT2D eigenvalue weighted by Gasteiger charge is 2.17. The van der Waals surface area contributed by atoms with Gasteiger partial charge in [-0.1, -0.05) is 39.0 Å². The van der Waals surface area contributed by atoms with Crippen molar-refractivity contribution in [2.75, 3.05) is 22.5 Å². The van der Waals surface area contributed by atoms with Crippen molar-refractivity contribution >= 4 is 17.5 Å². The van der Waals surface area contributed by atoms with E-state index in [1.54, 1.807) is 12.4 Å². The molecule has 2 aromatic rings. The van der Waals surface area contributed by atoms with E-state index in [-0.39, 0.29) is 5.92 Å². The number of aromatic nitrogens is 3. The molecule has 0 radical (unpaired) electrons. The minimum absolute atomic E-state index is 0.242. The van der Waals surface area contributed by atoms with Gasteiger partial charge in [0, 0.05) is 42.1 Å². The number of hydrogen-bond acceptors (Lipinski definition) is 6. The smallest absolute Gasteiger partial charge is 0.222 e. The minimum atomic E-state index is 0.242. The third kappa shape index (κ3) is 7.24. The van der Waals surface area contributed by atoms with Gasteiger partial charge in [-0.3, -0.25) is 4.98 Å². The summed E-state index contributed by atoms with van der Waals surface area (Å²) < 4.78 is 0. The van der Waals surface area contributed by atoms with Gasteiger partial charge >= 0.3 is 0 Å². The summed E-state index contributed by atoms with van der Waals surface area (Å²) in [5.74, 6) is 1.43. The second-order valence-corrected chi connectivity index (χ2v) is 7.38. The molecular formula is C25H36N6. The quantitative estimate of drug-likeness (QED) is 0.548. The lowest BCUT2D eigenvalue weighted by molar-refractivity contribution is 0.665. The zero-order valence-electron chi connectivity index (χ0n) is 19.3. The predicted molar refractivity (Wildman–Crippen MR) is 132 cm³/mol. The first-order valence-corrected chi connectivity index (χ1v) is 11.1. The van der Waals surface area contributed by atoms with Crippen LogP contribution in [0.15, 0.2) is 61.2 Å². The topological polar surface area (TPSA) is 80.0 Å². The molecule has 1 unspecified atom stereocenters. The van der Waals surface area contributed by atoms with Crippen LogP contribution in [0.5, 0.6) is 0 Å². The van der Waals surface area contributed by atoms with Gasteiger partial charge in [0.2, 0.25) is 5.95 Å². The van der Waals surface area contributed by atoms with Crippen LogP contribution in [0.4, 0.5) is 17.5 Å². The summed E-state index contributed by atoms with van der Waals surface area (Å²) in [5.41, 5.74) is 10.3. The Kier molecular flexibility index (Phi) is 9.75. The zero-order chi connectivity index (χ0) is 22.6. The first-order valence-electron chi connectivity index (χ1n) is 11.1. The monoisotopic (exact) mass is 420 g/mol. The molecule has 0 saturated heterocycles. The van der Waals surface area contributed by atoms with Gasteiger partial charge in [0.15, 0.2) is 0 Å². The van der Waals surface area contributed by atoms with E-state index in [2.05, 4.69) is 63.9 Å². The van der Waals surface area contributed by atoms with Crippen molar-refractivity contribution in [3.63, 3.8) is 0 Å². The van der Waals surface area contributed by atoms with E-state index in [1.165, 1.54) is 12.0 Å². The number of fused-ring (bicyclic) bond motifs is 1. The fraction of sp³-hybridized carbons (Fsp3) is 0.400. The number of pyridine rings is 1. The standard InChI is InChI=1S/C23H30N6.C2H6/c1-4-14-29(19-9-12-25-13-10-19)15-11-17(2)16-18(3)26-22-20-7-5-6-8-21(20)27-23(24)28-22;1-2/h4,9-13,15-17H,1,5-8,14H2,2-3H3,(H3,24,26,27,28);1-2H3/b15-11-,18-16+;. The van der Waals surface area contributed by atoms with Gasteiger partial charge in [-0.25, -0.2) is 4.98 Å².